The van der Waals surface area contributed by atoms with Crippen LogP contribution in [0.2, 0.25) is 0 Å². The van der Waals surface area contributed by atoms with Gasteiger partial charge in [0, 0.05) is 3.57 Å². The SMILES string of the molecule is OB(O)c1cc2ccccc2cc1I. The molecular weight excluding hydrogens is 290 g/mol. The minimum absolute atomic E-state index is 0.560. The quantitative estimate of drug-likeness (QED) is 0.612. The first-order valence-corrected chi connectivity index (χ1v) is 5.30. The van der Waals surface area contributed by atoms with Gasteiger partial charge in [-0.05, 0) is 44.9 Å². The minimum Gasteiger partial charge on any atom is -0.423 e. The van der Waals surface area contributed by atoms with Crippen molar-refractivity contribution in [1.29, 1.82) is 0 Å². The highest BCUT2D eigenvalue weighted by Crippen LogP contribution is 2.15. The van der Waals surface area contributed by atoms with Crippen molar-refractivity contribution in [2.45, 2.75) is 0 Å². The van der Waals surface area contributed by atoms with Gasteiger partial charge in [0.1, 0.15) is 0 Å². The van der Waals surface area contributed by atoms with E-state index >= 15 is 0 Å². The molecule has 0 aliphatic carbocycles. The minimum atomic E-state index is -1.40. The summed E-state index contributed by atoms with van der Waals surface area (Å²) in [5, 5.41) is 20.4. The first-order valence-electron chi connectivity index (χ1n) is 4.23. The van der Waals surface area contributed by atoms with Crippen molar-refractivity contribution in [3.05, 3.63) is 40.0 Å². The van der Waals surface area contributed by atoms with Gasteiger partial charge in [0.05, 0.1) is 0 Å². The molecule has 0 bridgehead atoms. The normalized spacial score (nSPS) is 10.5. The molecule has 0 aliphatic heterocycles. The van der Waals surface area contributed by atoms with Gasteiger partial charge in [-0.3, -0.25) is 0 Å². The van der Waals surface area contributed by atoms with Crippen LogP contribution in [0, 0.1) is 3.57 Å². The summed E-state index contributed by atoms with van der Waals surface area (Å²) in [4.78, 5) is 0. The van der Waals surface area contributed by atoms with Crippen LogP contribution in [-0.2, 0) is 0 Å². The Morgan fingerprint density at radius 3 is 2.14 bits per heavy atom. The maximum atomic E-state index is 9.11. The number of hydrogen-bond acceptors (Lipinski definition) is 2. The third kappa shape index (κ3) is 1.77. The second-order valence-corrected chi connectivity index (χ2v) is 4.26. The molecular formula is C10H8BIO2. The molecule has 0 amide bonds. The van der Waals surface area contributed by atoms with Crippen molar-refractivity contribution < 1.29 is 10.0 Å². The highest BCUT2D eigenvalue weighted by atomic mass is 127. The van der Waals surface area contributed by atoms with E-state index in [1.54, 1.807) is 0 Å². The summed E-state index contributed by atoms with van der Waals surface area (Å²) < 4.78 is 0.872. The monoisotopic (exact) mass is 298 g/mol. The van der Waals surface area contributed by atoms with Crippen molar-refractivity contribution in [2.24, 2.45) is 0 Å². The van der Waals surface area contributed by atoms with Crippen LogP contribution in [0.1, 0.15) is 0 Å². The number of hydrogen-bond donors (Lipinski definition) is 2. The molecule has 0 saturated heterocycles. The smallest absolute Gasteiger partial charge is 0.423 e. The summed E-state index contributed by atoms with van der Waals surface area (Å²) in [6, 6.07) is 11.6. The Bertz CT molecular complexity index is 471. The Balaban J connectivity index is 2.71. The summed E-state index contributed by atoms with van der Waals surface area (Å²) in [5.74, 6) is 0. The molecule has 0 aliphatic rings. The van der Waals surface area contributed by atoms with E-state index in [1.165, 1.54) is 0 Å². The summed E-state index contributed by atoms with van der Waals surface area (Å²) >= 11 is 2.10. The van der Waals surface area contributed by atoms with Crippen molar-refractivity contribution >= 4 is 45.9 Å². The van der Waals surface area contributed by atoms with Crippen LogP contribution >= 0.6 is 22.6 Å². The zero-order valence-corrected chi connectivity index (χ0v) is 9.47. The van der Waals surface area contributed by atoms with Crippen LogP contribution in [0.5, 0.6) is 0 Å². The van der Waals surface area contributed by atoms with Crippen LogP contribution < -0.4 is 5.46 Å². The van der Waals surface area contributed by atoms with Gasteiger partial charge in [0.2, 0.25) is 0 Å². The van der Waals surface area contributed by atoms with Crippen molar-refractivity contribution in [3.8, 4) is 0 Å². The topological polar surface area (TPSA) is 40.5 Å². The molecule has 2 nitrogen and oxygen atoms in total. The largest absolute Gasteiger partial charge is 0.489 e. The third-order valence-corrected chi connectivity index (χ3v) is 3.08. The molecule has 2 rings (SSSR count). The van der Waals surface area contributed by atoms with E-state index in [9.17, 15) is 0 Å². The third-order valence-electron chi connectivity index (χ3n) is 2.14. The molecule has 0 fully saturated rings. The first-order chi connectivity index (χ1) is 6.68. The van der Waals surface area contributed by atoms with E-state index in [1.807, 2.05) is 36.4 Å². The summed E-state index contributed by atoms with van der Waals surface area (Å²) in [7, 11) is -1.40. The molecule has 0 spiro atoms. The van der Waals surface area contributed by atoms with Gasteiger partial charge in [-0.2, -0.15) is 0 Å². The predicted molar refractivity (Wildman–Crippen MR) is 66.5 cm³/mol. The fourth-order valence-electron chi connectivity index (χ4n) is 1.43. The van der Waals surface area contributed by atoms with Crippen molar-refractivity contribution in [2.75, 3.05) is 0 Å². The second-order valence-electron chi connectivity index (χ2n) is 3.09. The lowest BCUT2D eigenvalue weighted by atomic mass is 9.79. The summed E-state index contributed by atoms with van der Waals surface area (Å²) in [5.41, 5.74) is 0.560. The Hall–Kier alpha value is -0.585. The lowest BCUT2D eigenvalue weighted by Gasteiger charge is -2.05. The molecule has 0 unspecified atom stereocenters. The fourth-order valence-corrected chi connectivity index (χ4v) is 2.20. The maximum absolute atomic E-state index is 9.11. The lowest BCUT2D eigenvalue weighted by molar-refractivity contribution is 0.425. The van der Waals surface area contributed by atoms with E-state index in [0.717, 1.165) is 14.3 Å². The molecule has 2 aromatic carbocycles. The number of fused-ring (bicyclic) bond motifs is 1. The maximum Gasteiger partial charge on any atom is 0.489 e. The zero-order chi connectivity index (χ0) is 10.1. The van der Waals surface area contributed by atoms with Crippen molar-refractivity contribution in [3.63, 3.8) is 0 Å². The Morgan fingerprint density at radius 1 is 1.00 bits per heavy atom. The van der Waals surface area contributed by atoms with E-state index < -0.39 is 7.12 Å². The molecule has 4 heteroatoms. The number of benzene rings is 2. The second kappa shape index (κ2) is 3.88. The number of rotatable bonds is 1. The first kappa shape index (κ1) is 9.95. The molecule has 2 aromatic rings. The standard InChI is InChI=1S/C10H8BIO2/c12-10-6-8-4-2-1-3-7(8)5-9(10)11(13)14/h1-6,13-14H. The predicted octanol–water partition coefficient (Wildman–Crippen LogP) is 1.12. The zero-order valence-electron chi connectivity index (χ0n) is 7.31. The Morgan fingerprint density at radius 2 is 1.57 bits per heavy atom. The van der Waals surface area contributed by atoms with Gasteiger partial charge < -0.3 is 10.0 Å². The van der Waals surface area contributed by atoms with Gasteiger partial charge in [0.15, 0.2) is 0 Å². The molecule has 14 heavy (non-hydrogen) atoms. The van der Waals surface area contributed by atoms with Crippen LogP contribution in [0.15, 0.2) is 36.4 Å². The van der Waals surface area contributed by atoms with E-state index in [2.05, 4.69) is 22.6 Å². The van der Waals surface area contributed by atoms with Crippen LogP contribution in [-0.4, -0.2) is 17.2 Å². The molecule has 0 radical (unpaired) electrons. The Labute approximate surface area is 95.9 Å². The van der Waals surface area contributed by atoms with Gasteiger partial charge in [-0.15, -0.1) is 0 Å². The highest BCUT2D eigenvalue weighted by molar-refractivity contribution is 14.1. The fraction of sp³-hybridized carbons (Fsp3) is 0. The Kier molecular flexibility index (Phi) is 2.76. The van der Waals surface area contributed by atoms with Crippen LogP contribution in [0.25, 0.3) is 10.8 Å². The van der Waals surface area contributed by atoms with Crippen LogP contribution in [0.4, 0.5) is 0 Å². The van der Waals surface area contributed by atoms with Crippen molar-refractivity contribution in [1.82, 2.24) is 0 Å². The summed E-state index contributed by atoms with van der Waals surface area (Å²) in [6.45, 7) is 0. The molecule has 0 aromatic heterocycles. The summed E-state index contributed by atoms with van der Waals surface area (Å²) in [6.07, 6.45) is 0. The molecule has 70 valence electrons. The van der Waals surface area contributed by atoms with Gasteiger partial charge >= 0.3 is 7.12 Å². The molecule has 0 saturated carbocycles. The molecule has 0 heterocycles. The average Bonchev–Trinajstić information content (AvgIpc) is 2.16. The van der Waals surface area contributed by atoms with Gasteiger partial charge in [-0.25, -0.2) is 0 Å². The van der Waals surface area contributed by atoms with E-state index in [0.29, 0.717) is 5.46 Å². The molecule has 2 N–H and O–H groups in total. The van der Waals surface area contributed by atoms with E-state index in [4.69, 9.17) is 10.0 Å². The van der Waals surface area contributed by atoms with Gasteiger partial charge in [0.25, 0.3) is 0 Å². The highest BCUT2D eigenvalue weighted by Gasteiger charge is 2.14. The lowest BCUT2D eigenvalue weighted by Crippen LogP contribution is -2.32. The molecule has 0 atom stereocenters. The van der Waals surface area contributed by atoms with Gasteiger partial charge in [-0.1, -0.05) is 30.3 Å². The van der Waals surface area contributed by atoms with E-state index in [-0.39, 0.29) is 0 Å². The van der Waals surface area contributed by atoms with Crippen LogP contribution in [0.3, 0.4) is 0 Å². The number of halogens is 1. The average molecular weight is 298 g/mol.